The molecule has 2 N–H and O–H groups in total. The maximum atomic E-state index is 11.1. The van der Waals surface area contributed by atoms with Crippen molar-refractivity contribution in [2.75, 3.05) is 5.75 Å². The van der Waals surface area contributed by atoms with Gasteiger partial charge in [0.1, 0.15) is 10.8 Å². The molecule has 1 aliphatic rings. The van der Waals surface area contributed by atoms with E-state index in [-0.39, 0.29) is 5.75 Å². The second-order valence-corrected chi connectivity index (χ2v) is 5.27. The van der Waals surface area contributed by atoms with E-state index >= 15 is 0 Å². The monoisotopic (exact) mass is 251 g/mol. The molecular weight excluding hydrogens is 238 g/mol. The summed E-state index contributed by atoms with van der Waals surface area (Å²) in [6, 6.07) is 5.29. The van der Waals surface area contributed by atoms with E-state index in [4.69, 9.17) is 5.11 Å². The van der Waals surface area contributed by atoms with Crippen LogP contribution >= 0.6 is 11.8 Å². The van der Waals surface area contributed by atoms with Gasteiger partial charge in [-0.2, -0.15) is 0 Å². The van der Waals surface area contributed by atoms with Crippen LogP contribution in [0.5, 0.6) is 5.75 Å². The van der Waals surface area contributed by atoms with E-state index in [0.29, 0.717) is 16.4 Å². The molecule has 1 heterocycles. The first kappa shape index (κ1) is 12.0. The van der Waals surface area contributed by atoms with Gasteiger partial charge < -0.3 is 10.2 Å². The fraction of sp³-hybridized carbons (Fsp3) is 0.333. The normalized spacial score (nSPS) is 23.5. The molecule has 0 amide bonds. The van der Waals surface area contributed by atoms with Crippen LogP contribution in [0.4, 0.5) is 0 Å². The summed E-state index contributed by atoms with van der Waals surface area (Å²) in [5, 5.41) is 19.5. The molecule has 0 saturated carbocycles. The van der Waals surface area contributed by atoms with Gasteiger partial charge in [-0.3, -0.25) is 4.99 Å². The Hall–Kier alpha value is -1.49. The van der Waals surface area contributed by atoms with Gasteiger partial charge in [0.05, 0.1) is 0 Å². The van der Waals surface area contributed by atoms with Crippen LogP contribution in [-0.2, 0) is 4.79 Å². The number of nitrogens with zero attached hydrogens (tertiary/aromatic N) is 1. The van der Waals surface area contributed by atoms with Crippen LogP contribution in [0.2, 0.25) is 0 Å². The van der Waals surface area contributed by atoms with E-state index in [9.17, 15) is 9.90 Å². The lowest BCUT2D eigenvalue weighted by Gasteiger charge is -2.11. The fourth-order valence-electron chi connectivity index (χ4n) is 1.57. The van der Waals surface area contributed by atoms with Crippen molar-refractivity contribution < 1.29 is 15.0 Å². The highest BCUT2D eigenvalue weighted by molar-refractivity contribution is 8.14. The minimum absolute atomic E-state index is 0.144. The van der Waals surface area contributed by atoms with E-state index in [2.05, 4.69) is 4.99 Å². The number of aromatic hydroxyl groups is 1. The highest BCUT2D eigenvalue weighted by atomic mass is 32.2. The molecular formula is C12H13NO3S. The molecule has 0 saturated heterocycles. The van der Waals surface area contributed by atoms with E-state index in [1.807, 2.05) is 13.0 Å². The molecule has 0 aliphatic carbocycles. The first-order chi connectivity index (χ1) is 7.92. The number of aliphatic carboxylic acids is 1. The predicted octanol–water partition coefficient (Wildman–Crippen LogP) is 2.04. The number of phenolic OH excluding ortho intramolecular Hbond substituents is 1. The lowest BCUT2D eigenvalue weighted by atomic mass is 10.1. The summed E-state index contributed by atoms with van der Waals surface area (Å²) in [6.45, 7) is 3.47. The number of benzene rings is 1. The standard InChI is InChI=1S/C12H13NO3S/c1-7-3-4-8(9(14)5-7)10-13-12(2,6-17-10)11(15)16/h3-5,14H,6H2,1-2H3,(H,15,16)/t12-/m1/s1. The molecule has 17 heavy (non-hydrogen) atoms. The van der Waals surface area contributed by atoms with Gasteiger partial charge in [0.15, 0.2) is 5.54 Å². The van der Waals surface area contributed by atoms with Gasteiger partial charge in [0.2, 0.25) is 0 Å². The SMILES string of the molecule is Cc1ccc(C2=N[C@@](C)(C(=O)O)CS2)c(O)c1. The third kappa shape index (κ3) is 2.15. The van der Waals surface area contributed by atoms with E-state index in [1.165, 1.54) is 11.8 Å². The molecule has 5 heteroatoms. The van der Waals surface area contributed by atoms with Gasteiger partial charge in [-0.15, -0.1) is 11.8 Å². The van der Waals surface area contributed by atoms with Crippen LogP contribution < -0.4 is 0 Å². The highest BCUT2D eigenvalue weighted by Crippen LogP contribution is 2.34. The minimum Gasteiger partial charge on any atom is -0.507 e. The summed E-state index contributed by atoms with van der Waals surface area (Å²) < 4.78 is 0. The topological polar surface area (TPSA) is 69.9 Å². The van der Waals surface area contributed by atoms with Crippen LogP contribution in [0.3, 0.4) is 0 Å². The number of carbonyl (C=O) groups is 1. The number of hydrogen-bond donors (Lipinski definition) is 2. The molecule has 0 spiro atoms. The van der Waals surface area contributed by atoms with Crippen molar-refractivity contribution >= 4 is 22.8 Å². The number of rotatable bonds is 2. The van der Waals surface area contributed by atoms with Crippen molar-refractivity contribution in [3.63, 3.8) is 0 Å². The Morgan fingerprint density at radius 2 is 2.24 bits per heavy atom. The molecule has 1 atom stereocenters. The number of thioether (sulfide) groups is 1. The summed E-state index contributed by atoms with van der Waals surface area (Å²) in [5.41, 5.74) is 0.471. The number of carboxylic acids is 1. The lowest BCUT2D eigenvalue weighted by molar-refractivity contribution is -0.141. The van der Waals surface area contributed by atoms with Gasteiger partial charge >= 0.3 is 5.97 Å². The van der Waals surface area contributed by atoms with Crippen LogP contribution in [0, 0.1) is 6.92 Å². The van der Waals surface area contributed by atoms with Crippen LogP contribution in [-0.4, -0.2) is 32.5 Å². The van der Waals surface area contributed by atoms with Gasteiger partial charge in [-0.1, -0.05) is 6.07 Å². The van der Waals surface area contributed by atoms with E-state index in [0.717, 1.165) is 5.56 Å². The van der Waals surface area contributed by atoms with Crippen molar-refractivity contribution in [1.82, 2.24) is 0 Å². The Morgan fingerprint density at radius 1 is 1.53 bits per heavy atom. The Labute approximate surface area is 103 Å². The summed E-state index contributed by atoms with van der Waals surface area (Å²) >= 11 is 1.36. The predicted molar refractivity (Wildman–Crippen MR) is 67.9 cm³/mol. The zero-order chi connectivity index (χ0) is 12.6. The van der Waals surface area contributed by atoms with Crippen molar-refractivity contribution in [3.05, 3.63) is 29.3 Å². The number of aliphatic imine (C=N–C) groups is 1. The summed E-state index contributed by atoms with van der Waals surface area (Å²) in [6.07, 6.45) is 0. The zero-order valence-electron chi connectivity index (χ0n) is 9.60. The molecule has 1 aromatic carbocycles. The Balaban J connectivity index is 2.40. The molecule has 0 unspecified atom stereocenters. The molecule has 2 rings (SSSR count). The molecule has 90 valence electrons. The molecule has 0 radical (unpaired) electrons. The first-order valence-electron chi connectivity index (χ1n) is 5.18. The molecule has 0 aromatic heterocycles. The van der Waals surface area contributed by atoms with E-state index in [1.54, 1.807) is 19.1 Å². The first-order valence-corrected chi connectivity index (χ1v) is 6.17. The smallest absolute Gasteiger partial charge is 0.332 e. The third-order valence-electron chi connectivity index (χ3n) is 2.68. The quantitative estimate of drug-likeness (QED) is 0.843. The molecule has 0 fully saturated rings. The van der Waals surface area contributed by atoms with Gasteiger partial charge in [-0.25, -0.2) is 4.79 Å². The summed E-state index contributed by atoms with van der Waals surface area (Å²) in [5.74, 6) is -0.400. The number of aryl methyl sites for hydroxylation is 1. The minimum atomic E-state index is -1.09. The maximum Gasteiger partial charge on any atom is 0.332 e. The fourth-order valence-corrected chi connectivity index (χ4v) is 2.77. The third-order valence-corrected chi connectivity index (χ3v) is 3.97. The van der Waals surface area contributed by atoms with Crippen LogP contribution in [0.15, 0.2) is 23.2 Å². The Kier molecular flexibility index (Phi) is 2.87. The lowest BCUT2D eigenvalue weighted by Crippen LogP contribution is -2.33. The van der Waals surface area contributed by atoms with Gasteiger partial charge in [0, 0.05) is 11.3 Å². The van der Waals surface area contributed by atoms with Crippen molar-refractivity contribution in [3.8, 4) is 5.75 Å². The molecule has 0 bridgehead atoms. The van der Waals surface area contributed by atoms with Crippen LogP contribution in [0.1, 0.15) is 18.1 Å². The summed E-state index contributed by atoms with van der Waals surface area (Å²) in [4.78, 5) is 15.3. The van der Waals surface area contributed by atoms with E-state index < -0.39 is 11.5 Å². The van der Waals surface area contributed by atoms with Crippen molar-refractivity contribution in [2.24, 2.45) is 4.99 Å². The molecule has 1 aromatic rings. The Bertz CT molecular complexity index is 512. The van der Waals surface area contributed by atoms with Crippen LogP contribution in [0.25, 0.3) is 0 Å². The Morgan fingerprint density at radius 3 is 2.76 bits per heavy atom. The summed E-state index contributed by atoms with van der Waals surface area (Å²) in [7, 11) is 0. The maximum absolute atomic E-state index is 11.1. The average Bonchev–Trinajstić information content (AvgIpc) is 2.62. The zero-order valence-corrected chi connectivity index (χ0v) is 10.4. The largest absolute Gasteiger partial charge is 0.507 e. The molecule has 4 nitrogen and oxygen atoms in total. The number of phenols is 1. The highest BCUT2D eigenvalue weighted by Gasteiger charge is 2.38. The van der Waals surface area contributed by atoms with Gasteiger partial charge in [-0.05, 0) is 31.5 Å². The van der Waals surface area contributed by atoms with Crippen molar-refractivity contribution in [2.45, 2.75) is 19.4 Å². The molecule has 1 aliphatic heterocycles. The van der Waals surface area contributed by atoms with Crippen molar-refractivity contribution in [1.29, 1.82) is 0 Å². The second kappa shape index (κ2) is 4.07. The second-order valence-electron chi connectivity index (χ2n) is 4.31. The van der Waals surface area contributed by atoms with Gasteiger partial charge in [0.25, 0.3) is 0 Å². The number of carboxylic acid groups (broad SMARTS) is 1. The number of hydrogen-bond acceptors (Lipinski definition) is 4. The average molecular weight is 251 g/mol.